The van der Waals surface area contributed by atoms with E-state index in [9.17, 15) is 4.79 Å². The van der Waals surface area contributed by atoms with E-state index in [-0.39, 0.29) is 5.91 Å². The van der Waals surface area contributed by atoms with Crippen LogP contribution in [0, 0.1) is 0 Å². The first-order valence-electron chi connectivity index (χ1n) is 8.61. The van der Waals surface area contributed by atoms with Crippen LogP contribution in [0.4, 0.5) is 0 Å². The summed E-state index contributed by atoms with van der Waals surface area (Å²) in [6.07, 6.45) is 1.06. The molecular weight excluding hydrogens is 308 g/mol. The van der Waals surface area contributed by atoms with E-state index in [1.54, 1.807) is 13.2 Å². The summed E-state index contributed by atoms with van der Waals surface area (Å²) in [6, 6.07) is 7.31. The van der Waals surface area contributed by atoms with Gasteiger partial charge in [0.05, 0.1) is 20.3 Å². The number of methoxy groups -OCH3 is 1. The van der Waals surface area contributed by atoms with Crippen molar-refractivity contribution in [3.63, 3.8) is 0 Å². The van der Waals surface area contributed by atoms with Gasteiger partial charge in [-0.3, -0.25) is 9.69 Å². The number of benzene rings is 1. The van der Waals surface area contributed by atoms with Crippen molar-refractivity contribution < 1.29 is 19.0 Å². The van der Waals surface area contributed by atoms with Crippen LogP contribution >= 0.6 is 0 Å². The number of hydrogen-bond donors (Lipinski definition) is 1. The maximum atomic E-state index is 12.3. The predicted octanol–water partition coefficient (Wildman–Crippen LogP) is 1.69. The van der Waals surface area contributed by atoms with Crippen molar-refractivity contribution in [2.75, 3.05) is 46.5 Å². The van der Waals surface area contributed by atoms with E-state index in [0.29, 0.717) is 24.5 Å². The SMILES string of the molecule is CC[C@@H](Oc1cccc(OC)c1)C(=O)NCCCN1CCOCC1. The van der Waals surface area contributed by atoms with E-state index < -0.39 is 6.10 Å². The van der Waals surface area contributed by atoms with E-state index in [4.69, 9.17) is 14.2 Å². The normalized spacial score (nSPS) is 16.4. The molecule has 0 spiro atoms. The smallest absolute Gasteiger partial charge is 0.261 e. The fourth-order valence-electron chi connectivity index (χ4n) is 2.61. The zero-order chi connectivity index (χ0) is 17.2. The van der Waals surface area contributed by atoms with Crippen LogP contribution in [-0.2, 0) is 9.53 Å². The van der Waals surface area contributed by atoms with Crippen LogP contribution in [0.3, 0.4) is 0 Å². The molecule has 1 N–H and O–H groups in total. The van der Waals surface area contributed by atoms with E-state index in [1.807, 2.05) is 25.1 Å². The lowest BCUT2D eigenvalue weighted by Crippen LogP contribution is -2.41. The van der Waals surface area contributed by atoms with Crippen LogP contribution < -0.4 is 14.8 Å². The molecule has 1 atom stereocenters. The van der Waals surface area contributed by atoms with Gasteiger partial charge in [0.15, 0.2) is 6.10 Å². The Morgan fingerprint density at radius 3 is 2.79 bits per heavy atom. The molecule has 1 saturated heterocycles. The number of hydrogen-bond acceptors (Lipinski definition) is 5. The number of amides is 1. The Morgan fingerprint density at radius 1 is 1.33 bits per heavy atom. The van der Waals surface area contributed by atoms with Crippen LogP contribution in [0.2, 0.25) is 0 Å². The Morgan fingerprint density at radius 2 is 2.08 bits per heavy atom. The maximum absolute atomic E-state index is 12.3. The Balaban J connectivity index is 1.72. The van der Waals surface area contributed by atoms with Crippen LogP contribution in [0.5, 0.6) is 11.5 Å². The summed E-state index contributed by atoms with van der Waals surface area (Å²) in [5, 5.41) is 2.97. The third kappa shape index (κ3) is 6.02. The third-order valence-corrected chi connectivity index (χ3v) is 4.04. The van der Waals surface area contributed by atoms with Crippen molar-refractivity contribution >= 4 is 5.91 Å². The van der Waals surface area contributed by atoms with Gasteiger partial charge in [-0.05, 0) is 31.5 Å². The first kappa shape index (κ1) is 18.5. The summed E-state index contributed by atoms with van der Waals surface area (Å²) < 4.78 is 16.3. The number of rotatable bonds is 9. The Kier molecular flexibility index (Phi) is 7.85. The molecule has 1 aliphatic heterocycles. The summed E-state index contributed by atoms with van der Waals surface area (Å²) in [5.41, 5.74) is 0. The van der Waals surface area contributed by atoms with Gasteiger partial charge >= 0.3 is 0 Å². The first-order valence-corrected chi connectivity index (χ1v) is 8.61. The topological polar surface area (TPSA) is 60.0 Å². The molecule has 0 radical (unpaired) electrons. The largest absolute Gasteiger partial charge is 0.497 e. The van der Waals surface area contributed by atoms with Gasteiger partial charge in [-0.15, -0.1) is 0 Å². The third-order valence-electron chi connectivity index (χ3n) is 4.04. The zero-order valence-corrected chi connectivity index (χ0v) is 14.6. The van der Waals surface area contributed by atoms with Crippen molar-refractivity contribution in [1.29, 1.82) is 0 Å². The Bertz CT molecular complexity index is 504. The highest BCUT2D eigenvalue weighted by molar-refractivity contribution is 5.81. The number of ether oxygens (including phenoxy) is 3. The molecule has 0 aliphatic carbocycles. The summed E-state index contributed by atoms with van der Waals surface area (Å²) in [4.78, 5) is 14.6. The minimum absolute atomic E-state index is 0.0673. The van der Waals surface area contributed by atoms with Crippen molar-refractivity contribution in [3.8, 4) is 11.5 Å². The van der Waals surface area contributed by atoms with Crippen molar-refractivity contribution in [3.05, 3.63) is 24.3 Å². The molecule has 1 heterocycles. The molecule has 0 aromatic heterocycles. The molecule has 2 rings (SSSR count). The molecule has 6 nitrogen and oxygen atoms in total. The Hall–Kier alpha value is -1.79. The molecule has 6 heteroatoms. The van der Waals surface area contributed by atoms with Gasteiger partial charge in [0.1, 0.15) is 11.5 Å². The zero-order valence-electron chi connectivity index (χ0n) is 14.6. The van der Waals surface area contributed by atoms with Crippen LogP contribution in [0.15, 0.2) is 24.3 Å². The predicted molar refractivity (Wildman–Crippen MR) is 92.6 cm³/mol. The highest BCUT2D eigenvalue weighted by Crippen LogP contribution is 2.20. The molecule has 0 bridgehead atoms. The average molecular weight is 336 g/mol. The van der Waals surface area contributed by atoms with E-state index in [2.05, 4.69) is 10.2 Å². The standard InChI is InChI=1S/C18H28N2O4/c1-3-17(24-16-7-4-6-15(14-16)22-2)18(21)19-8-5-9-20-10-12-23-13-11-20/h4,6-7,14,17H,3,5,8-13H2,1-2H3,(H,19,21)/t17-/m1/s1. The van der Waals surface area contributed by atoms with Gasteiger partial charge in [0.25, 0.3) is 5.91 Å². The van der Waals surface area contributed by atoms with E-state index in [1.165, 1.54) is 0 Å². The molecule has 134 valence electrons. The van der Waals surface area contributed by atoms with Crippen molar-refractivity contribution in [2.24, 2.45) is 0 Å². The lowest BCUT2D eigenvalue weighted by molar-refractivity contribution is -0.128. The lowest BCUT2D eigenvalue weighted by Gasteiger charge is -2.26. The summed E-state index contributed by atoms with van der Waals surface area (Å²) in [5.74, 6) is 1.29. The molecule has 0 unspecified atom stereocenters. The van der Waals surface area contributed by atoms with Crippen molar-refractivity contribution in [2.45, 2.75) is 25.9 Å². The highest BCUT2D eigenvalue weighted by atomic mass is 16.5. The number of nitrogens with zero attached hydrogens (tertiary/aromatic N) is 1. The second-order valence-electron chi connectivity index (χ2n) is 5.79. The van der Waals surface area contributed by atoms with Crippen LogP contribution in [0.1, 0.15) is 19.8 Å². The second-order valence-corrected chi connectivity index (χ2v) is 5.79. The highest BCUT2D eigenvalue weighted by Gasteiger charge is 2.18. The van der Waals surface area contributed by atoms with Gasteiger partial charge in [0, 0.05) is 25.7 Å². The van der Waals surface area contributed by atoms with E-state index in [0.717, 1.165) is 39.3 Å². The van der Waals surface area contributed by atoms with Crippen molar-refractivity contribution in [1.82, 2.24) is 10.2 Å². The number of carbonyl (C=O) groups is 1. The molecule has 0 saturated carbocycles. The van der Waals surface area contributed by atoms with Gasteiger partial charge in [-0.1, -0.05) is 13.0 Å². The van der Waals surface area contributed by atoms with Crippen LogP contribution in [0.25, 0.3) is 0 Å². The van der Waals surface area contributed by atoms with Gasteiger partial charge < -0.3 is 19.5 Å². The maximum Gasteiger partial charge on any atom is 0.261 e. The van der Waals surface area contributed by atoms with Gasteiger partial charge in [-0.25, -0.2) is 0 Å². The monoisotopic (exact) mass is 336 g/mol. The molecule has 1 aromatic rings. The second kappa shape index (κ2) is 10.2. The summed E-state index contributed by atoms with van der Waals surface area (Å²) in [7, 11) is 1.61. The molecule has 1 aromatic carbocycles. The molecule has 1 aliphatic rings. The number of morpholine rings is 1. The Labute approximate surface area is 144 Å². The molecule has 1 amide bonds. The fraction of sp³-hybridized carbons (Fsp3) is 0.611. The lowest BCUT2D eigenvalue weighted by atomic mass is 10.2. The van der Waals surface area contributed by atoms with E-state index >= 15 is 0 Å². The summed E-state index contributed by atoms with van der Waals surface area (Å²) >= 11 is 0. The van der Waals surface area contributed by atoms with Gasteiger partial charge in [-0.2, -0.15) is 0 Å². The molecule has 24 heavy (non-hydrogen) atoms. The minimum atomic E-state index is -0.486. The number of carbonyl (C=O) groups excluding carboxylic acids is 1. The molecule has 1 fully saturated rings. The average Bonchev–Trinajstić information content (AvgIpc) is 2.64. The van der Waals surface area contributed by atoms with Crippen LogP contribution in [-0.4, -0.2) is 63.4 Å². The van der Waals surface area contributed by atoms with Gasteiger partial charge in [0.2, 0.25) is 0 Å². The molecular formula is C18H28N2O4. The summed E-state index contributed by atoms with van der Waals surface area (Å²) in [6.45, 7) is 7.15. The first-order chi connectivity index (χ1) is 11.7. The fourth-order valence-corrected chi connectivity index (χ4v) is 2.61. The minimum Gasteiger partial charge on any atom is -0.497 e. The quantitative estimate of drug-likeness (QED) is 0.696. The number of nitrogens with one attached hydrogen (secondary N) is 1.